The van der Waals surface area contributed by atoms with Gasteiger partial charge in [-0.25, -0.2) is 0 Å². The summed E-state index contributed by atoms with van der Waals surface area (Å²) in [6.45, 7) is 0.731. The number of para-hydroxylation sites is 1. The number of benzene rings is 2. The van der Waals surface area contributed by atoms with Crippen molar-refractivity contribution in [2.75, 3.05) is 11.4 Å². The molecular weight excluding hydrogens is 252 g/mol. The summed E-state index contributed by atoms with van der Waals surface area (Å²) in [5, 5.41) is 10.6. The summed E-state index contributed by atoms with van der Waals surface area (Å²) in [6, 6.07) is 13.4. The average Bonchev–Trinajstić information content (AvgIpc) is 3.12. The monoisotopic (exact) mass is 264 g/mol. The summed E-state index contributed by atoms with van der Waals surface area (Å²) < 4.78 is 0. The number of anilines is 1. The predicted molar refractivity (Wildman–Crippen MR) is 75.7 cm³/mol. The Kier molecular flexibility index (Phi) is 2.32. The molecule has 4 rings (SSSR count). The normalized spacial score (nSPS) is 13.7. The standard InChI is InChI=1S/C15H12N4O/c20-15(11-5-6-12-13(9-11)17-18-16-12)19-8-7-10-3-1-2-4-14(10)19/h1-6,9H,7-8H2,(H,16,17,18). The van der Waals surface area contributed by atoms with Gasteiger partial charge in [0.15, 0.2) is 0 Å². The Balaban J connectivity index is 1.74. The number of nitrogens with zero attached hydrogens (tertiary/aromatic N) is 3. The van der Waals surface area contributed by atoms with Crippen molar-refractivity contribution in [1.82, 2.24) is 15.4 Å². The zero-order valence-electron chi connectivity index (χ0n) is 10.7. The second kappa shape index (κ2) is 4.16. The first-order chi connectivity index (χ1) is 9.83. The molecule has 0 bridgehead atoms. The van der Waals surface area contributed by atoms with Gasteiger partial charge < -0.3 is 4.90 Å². The number of hydrogen-bond donors (Lipinski definition) is 1. The van der Waals surface area contributed by atoms with Gasteiger partial charge >= 0.3 is 0 Å². The number of H-pyrrole nitrogens is 1. The van der Waals surface area contributed by atoms with Gasteiger partial charge in [0.2, 0.25) is 0 Å². The first kappa shape index (κ1) is 11.2. The largest absolute Gasteiger partial charge is 0.308 e. The molecule has 20 heavy (non-hydrogen) atoms. The van der Waals surface area contributed by atoms with E-state index in [-0.39, 0.29) is 5.91 Å². The minimum absolute atomic E-state index is 0.0138. The van der Waals surface area contributed by atoms with Crippen molar-refractivity contribution in [2.24, 2.45) is 0 Å². The molecule has 0 fully saturated rings. The highest BCUT2D eigenvalue weighted by Crippen LogP contribution is 2.29. The van der Waals surface area contributed by atoms with Crippen molar-refractivity contribution in [2.45, 2.75) is 6.42 Å². The van der Waals surface area contributed by atoms with Crippen LogP contribution in [0.4, 0.5) is 5.69 Å². The second-order valence-corrected chi connectivity index (χ2v) is 4.86. The Hall–Kier alpha value is -2.69. The maximum absolute atomic E-state index is 12.6. The molecule has 1 N–H and O–H groups in total. The van der Waals surface area contributed by atoms with Gasteiger partial charge in [-0.15, -0.1) is 0 Å². The zero-order valence-corrected chi connectivity index (χ0v) is 10.7. The number of aromatic nitrogens is 3. The number of hydrogen-bond acceptors (Lipinski definition) is 3. The maximum atomic E-state index is 12.6. The molecule has 0 spiro atoms. The van der Waals surface area contributed by atoms with E-state index in [1.165, 1.54) is 5.56 Å². The van der Waals surface area contributed by atoms with Gasteiger partial charge in [0.25, 0.3) is 5.91 Å². The van der Waals surface area contributed by atoms with Crippen LogP contribution in [-0.4, -0.2) is 27.9 Å². The van der Waals surface area contributed by atoms with Crippen molar-refractivity contribution in [3.63, 3.8) is 0 Å². The van der Waals surface area contributed by atoms with Crippen molar-refractivity contribution in [1.29, 1.82) is 0 Å². The van der Waals surface area contributed by atoms with Gasteiger partial charge in [0.1, 0.15) is 11.0 Å². The van der Waals surface area contributed by atoms with E-state index in [1.807, 2.05) is 29.2 Å². The van der Waals surface area contributed by atoms with Gasteiger partial charge in [-0.05, 0) is 36.2 Å². The molecule has 1 aromatic heterocycles. The quantitative estimate of drug-likeness (QED) is 0.732. The van der Waals surface area contributed by atoms with Crippen LogP contribution in [0.2, 0.25) is 0 Å². The first-order valence-electron chi connectivity index (χ1n) is 6.53. The lowest BCUT2D eigenvalue weighted by Gasteiger charge is -2.17. The van der Waals surface area contributed by atoms with Crippen LogP contribution in [0, 0.1) is 0 Å². The molecule has 1 aliphatic rings. The van der Waals surface area contributed by atoms with Crippen LogP contribution in [0.5, 0.6) is 0 Å². The first-order valence-corrected chi connectivity index (χ1v) is 6.53. The minimum atomic E-state index is 0.0138. The molecule has 0 saturated heterocycles. The van der Waals surface area contributed by atoms with Gasteiger partial charge in [0.05, 0.1) is 0 Å². The molecule has 5 heteroatoms. The molecule has 0 atom stereocenters. The van der Waals surface area contributed by atoms with Gasteiger partial charge in [0, 0.05) is 17.8 Å². The fourth-order valence-corrected chi connectivity index (χ4v) is 2.68. The van der Waals surface area contributed by atoms with Gasteiger partial charge in [-0.3, -0.25) is 4.79 Å². The van der Waals surface area contributed by atoms with Crippen molar-refractivity contribution >= 4 is 22.6 Å². The summed E-state index contributed by atoms with van der Waals surface area (Å²) in [5.74, 6) is 0.0138. The number of carbonyl (C=O) groups excluding carboxylic acids is 1. The van der Waals surface area contributed by atoms with Crippen LogP contribution in [0.3, 0.4) is 0 Å². The van der Waals surface area contributed by atoms with Crippen LogP contribution in [-0.2, 0) is 6.42 Å². The number of rotatable bonds is 1. The lowest BCUT2D eigenvalue weighted by molar-refractivity contribution is 0.0989. The van der Waals surface area contributed by atoms with Crippen molar-refractivity contribution < 1.29 is 4.79 Å². The van der Waals surface area contributed by atoms with Crippen LogP contribution >= 0.6 is 0 Å². The Labute approximate surface area is 115 Å². The Morgan fingerprint density at radius 1 is 1.10 bits per heavy atom. The fraction of sp³-hybridized carbons (Fsp3) is 0.133. The summed E-state index contributed by atoms with van der Waals surface area (Å²) >= 11 is 0. The zero-order chi connectivity index (χ0) is 13.5. The molecule has 3 aromatic rings. The maximum Gasteiger partial charge on any atom is 0.258 e. The number of fused-ring (bicyclic) bond motifs is 2. The minimum Gasteiger partial charge on any atom is -0.308 e. The molecule has 2 heterocycles. The molecule has 0 unspecified atom stereocenters. The van der Waals surface area contributed by atoms with Crippen molar-refractivity contribution in [3.05, 3.63) is 53.6 Å². The summed E-state index contributed by atoms with van der Waals surface area (Å²) in [5.41, 5.74) is 4.36. The Morgan fingerprint density at radius 2 is 1.95 bits per heavy atom. The van der Waals surface area contributed by atoms with E-state index in [0.29, 0.717) is 11.1 Å². The van der Waals surface area contributed by atoms with Gasteiger partial charge in [-0.2, -0.15) is 15.4 Å². The van der Waals surface area contributed by atoms with Gasteiger partial charge in [-0.1, -0.05) is 18.2 Å². The highest BCUT2D eigenvalue weighted by molar-refractivity contribution is 6.08. The summed E-state index contributed by atoms with van der Waals surface area (Å²) in [7, 11) is 0. The van der Waals surface area contributed by atoms with E-state index in [1.54, 1.807) is 12.1 Å². The molecule has 1 aliphatic heterocycles. The molecule has 0 radical (unpaired) electrons. The lowest BCUT2D eigenvalue weighted by Crippen LogP contribution is -2.28. The van der Waals surface area contributed by atoms with E-state index in [9.17, 15) is 4.79 Å². The second-order valence-electron chi connectivity index (χ2n) is 4.86. The Bertz CT molecular complexity index is 808. The molecule has 1 amide bonds. The SMILES string of the molecule is O=C(c1ccc2n[nH]nc2c1)N1CCc2ccccc21. The number of aromatic amines is 1. The van der Waals surface area contributed by atoms with E-state index in [4.69, 9.17) is 0 Å². The average molecular weight is 264 g/mol. The predicted octanol–water partition coefficient (Wildman–Crippen LogP) is 2.16. The van der Waals surface area contributed by atoms with E-state index in [0.717, 1.165) is 24.2 Å². The number of amides is 1. The third kappa shape index (κ3) is 1.60. The molecule has 2 aromatic carbocycles. The summed E-state index contributed by atoms with van der Waals surface area (Å²) in [4.78, 5) is 14.5. The number of carbonyl (C=O) groups is 1. The lowest BCUT2D eigenvalue weighted by atomic mass is 10.1. The highest BCUT2D eigenvalue weighted by atomic mass is 16.2. The summed E-state index contributed by atoms with van der Waals surface area (Å²) in [6.07, 6.45) is 0.911. The van der Waals surface area contributed by atoms with Crippen LogP contribution in [0.15, 0.2) is 42.5 Å². The number of nitrogens with one attached hydrogen (secondary N) is 1. The Morgan fingerprint density at radius 3 is 2.90 bits per heavy atom. The molecule has 5 nitrogen and oxygen atoms in total. The van der Waals surface area contributed by atoms with Crippen LogP contribution in [0.1, 0.15) is 15.9 Å². The van der Waals surface area contributed by atoms with Crippen molar-refractivity contribution in [3.8, 4) is 0 Å². The van der Waals surface area contributed by atoms with E-state index >= 15 is 0 Å². The van der Waals surface area contributed by atoms with E-state index in [2.05, 4.69) is 21.5 Å². The topological polar surface area (TPSA) is 61.9 Å². The third-order valence-electron chi connectivity index (χ3n) is 3.70. The molecule has 0 aliphatic carbocycles. The smallest absolute Gasteiger partial charge is 0.258 e. The molecular formula is C15H12N4O. The molecule has 98 valence electrons. The third-order valence-corrected chi connectivity index (χ3v) is 3.70. The molecule has 0 saturated carbocycles. The fourth-order valence-electron chi connectivity index (χ4n) is 2.68. The van der Waals surface area contributed by atoms with Crippen LogP contribution in [0.25, 0.3) is 11.0 Å². The van der Waals surface area contributed by atoms with E-state index < -0.39 is 0 Å². The van der Waals surface area contributed by atoms with Crippen LogP contribution < -0.4 is 4.90 Å². The highest BCUT2D eigenvalue weighted by Gasteiger charge is 2.25.